The summed E-state index contributed by atoms with van der Waals surface area (Å²) in [7, 11) is -0.850. The molecule has 0 saturated heterocycles. The first-order valence-corrected chi connectivity index (χ1v) is 9.19. The highest BCUT2D eigenvalue weighted by Crippen LogP contribution is 2.15. The number of benzene rings is 2. The number of carbonyl (C=O) groups is 1. The molecule has 0 aromatic heterocycles. The molecule has 1 amide bonds. The van der Waals surface area contributed by atoms with E-state index in [-0.39, 0.29) is 16.1 Å². The lowest BCUT2D eigenvalue weighted by Gasteiger charge is -2.12. The Morgan fingerprint density at radius 1 is 1.11 bits per heavy atom. The molecule has 0 aliphatic rings. The summed E-state index contributed by atoms with van der Waals surface area (Å²) >= 11 is 0. The van der Waals surface area contributed by atoms with Crippen molar-refractivity contribution in [1.29, 1.82) is 0 Å². The van der Waals surface area contributed by atoms with Crippen LogP contribution in [0.2, 0.25) is 0 Å². The normalized spacial score (nSPS) is 12.1. The first kappa shape index (κ1) is 20.2. The highest BCUT2D eigenvalue weighted by Gasteiger charge is 2.18. The molecule has 2 rings (SSSR count). The first-order chi connectivity index (χ1) is 12.6. The maximum atomic E-state index is 12.3. The molecule has 2 aromatic rings. The predicted molar refractivity (Wildman–Crippen MR) is 100 cm³/mol. The second-order valence-corrected chi connectivity index (χ2v) is 7.91. The topological polar surface area (TPSA) is 122 Å². The zero-order valence-electron chi connectivity index (χ0n) is 14.9. The molecule has 27 heavy (non-hydrogen) atoms. The second kappa shape index (κ2) is 8.06. The molecule has 0 spiro atoms. The van der Waals surface area contributed by atoms with Gasteiger partial charge in [0, 0.05) is 31.8 Å². The van der Waals surface area contributed by atoms with Crippen LogP contribution < -0.4 is 5.43 Å². The monoisotopic (exact) mass is 390 g/mol. The Kier molecular flexibility index (Phi) is 6.03. The fourth-order valence-corrected chi connectivity index (χ4v) is 3.04. The van der Waals surface area contributed by atoms with E-state index in [4.69, 9.17) is 0 Å². The van der Waals surface area contributed by atoms with Crippen LogP contribution in [0.3, 0.4) is 0 Å². The Morgan fingerprint density at radius 3 is 2.30 bits per heavy atom. The minimum absolute atomic E-state index is 0.00350. The summed E-state index contributed by atoms with van der Waals surface area (Å²) in [5.74, 6) is -0.577. The molecule has 9 nitrogen and oxygen atoms in total. The van der Waals surface area contributed by atoms with Gasteiger partial charge in [-0.2, -0.15) is 5.10 Å². The van der Waals surface area contributed by atoms with E-state index in [2.05, 4.69) is 10.5 Å². The number of carbonyl (C=O) groups excluding carboxylic acids is 1. The third kappa shape index (κ3) is 4.74. The molecule has 1 N–H and O–H groups in total. The lowest BCUT2D eigenvalue weighted by atomic mass is 10.1. The van der Waals surface area contributed by atoms with Gasteiger partial charge in [-0.05, 0) is 42.8 Å². The number of amides is 1. The van der Waals surface area contributed by atoms with Gasteiger partial charge in [0.25, 0.3) is 11.6 Å². The molecule has 0 aliphatic carbocycles. The molecular weight excluding hydrogens is 372 g/mol. The van der Waals surface area contributed by atoms with E-state index < -0.39 is 20.9 Å². The minimum Gasteiger partial charge on any atom is -0.267 e. The number of sulfonamides is 1. The van der Waals surface area contributed by atoms with Gasteiger partial charge < -0.3 is 0 Å². The Morgan fingerprint density at radius 2 is 1.74 bits per heavy atom. The van der Waals surface area contributed by atoms with Crippen LogP contribution in [0.15, 0.2) is 58.5 Å². The van der Waals surface area contributed by atoms with Crippen molar-refractivity contribution in [2.45, 2.75) is 11.8 Å². The Hall–Kier alpha value is -3.11. The standard InChI is InChI=1S/C17H18N4O5S/c1-12(13-7-9-15(10-8-13)21(23)24)18-19-17(22)14-5-4-6-16(11-14)27(25,26)20(2)3/h4-11H,1-3H3,(H,19,22)/b18-12-. The second-order valence-electron chi connectivity index (χ2n) is 5.76. The molecule has 0 heterocycles. The molecule has 10 heteroatoms. The van der Waals surface area contributed by atoms with E-state index in [1.165, 1.54) is 62.6 Å². The number of nitro groups is 1. The first-order valence-electron chi connectivity index (χ1n) is 7.75. The van der Waals surface area contributed by atoms with Crippen molar-refractivity contribution >= 4 is 27.3 Å². The van der Waals surface area contributed by atoms with Gasteiger partial charge in [-0.25, -0.2) is 18.1 Å². The van der Waals surface area contributed by atoms with Crippen LogP contribution in [0, 0.1) is 10.1 Å². The number of rotatable bonds is 6. The predicted octanol–water partition coefficient (Wildman–Crippen LogP) is 2.00. The van der Waals surface area contributed by atoms with E-state index in [9.17, 15) is 23.3 Å². The van der Waals surface area contributed by atoms with Crippen molar-refractivity contribution in [3.63, 3.8) is 0 Å². The SMILES string of the molecule is C/C(=N/NC(=O)c1cccc(S(=O)(=O)N(C)C)c1)c1ccc([N+](=O)[O-])cc1. The van der Waals surface area contributed by atoms with E-state index in [1.54, 1.807) is 6.92 Å². The van der Waals surface area contributed by atoms with E-state index in [0.717, 1.165) is 4.31 Å². The molecular formula is C17H18N4O5S. The molecule has 0 saturated carbocycles. The van der Waals surface area contributed by atoms with Crippen LogP contribution in [-0.4, -0.2) is 43.4 Å². The van der Waals surface area contributed by atoms with E-state index >= 15 is 0 Å². The molecule has 0 atom stereocenters. The van der Waals surface area contributed by atoms with Crippen LogP contribution in [0.5, 0.6) is 0 Å². The minimum atomic E-state index is -3.66. The number of non-ortho nitro benzene ring substituents is 1. The summed E-state index contributed by atoms with van der Waals surface area (Å²) in [5.41, 5.74) is 3.48. The summed E-state index contributed by atoms with van der Waals surface area (Å²) in [6.45, 7) is 1.63. The quantitative estimate of drug-likeness (QED) is 0.459. The van der Waals surface area contributed by atoms with Gasteiger partial charge in [-0.3, -0.25) is 14.9 Å². The van der Waals surface area contributed by atoms with Gasteiger partial charge in [0.1, 0.15) is 0 Å². The zero-order valence-corrected chi connectivity index (χ0v) is 15.7. The third-order valence-corrected chi connectivity index (χ3v) is 5.51. The average molecular weight is 390 g/mol. The van der Waals surface area contributed by atoms with Crippen molar-refractivity contribution in [3.8, 4) is 0 Å². The number of nitrogens with zero attached hydrogens (tertiary/aromatic N) is 3. The van der Waals surface area contributed by atoms with Crippen molar-refractivity contribution in [1.82, 2.24) is 9.73 Å². The highest BCUT2D eigenvalue weighted by atomic mass is 32.2. The average Bonchev–Trinajstić information content (AvgIpc) is 2.65. The molecule has 0 fully saturated rings. The molecule has 2 aromatic carbocycles. The summed E-state index contributed by atoms with van der Waals surface area (Å²) in [5, 5.41) is 14.6. The van der Waals surface area contributed by atoms with Crippen molar-refractivity contribution in [3.05, 3.63) is 69.8 Å². The summed E-state index contributed by atoms with van der Waals surface area (Å²) in [6.07, 6.45) is 0. The van der Waals surface area contributed by atoms with Crippen LogP contribution in [0.4, 0.5) is 5.69 Å². The number of hydrogen-bond acceptors (Lipinski definition) is 6. The Balaban J connectivity index is 2.17. The van der Waals surface area contributed by atoms with Gasteiger partial charge in [-0.1, -0.05) is 6.07 Å². The lowest BCUT2D eigenvalue weighted by Crippen LogP contribution is -2.23. The number of hydrazone groups is 1. The fourth-order valence-electron chi connectivity index (χ4n) is 2.10. The molecule has 0 bridgehead atoms. The molecule has 0 unspecified atom stereocenters. The van der Waals surface area contributed by atoms with Crippen LogP contribution in [0.25, 0.3) is 0 Å². The van der Waals surface area contributed by atoms with Gasteiger partial charge >= 0.3 is 0 Å². The summed E-state index contributed by atoms with van der Waals surface area (Å²) in [4.78, 5) is 22.4. The zero-order chi connectivity index (χ0) is 20.2. The smallest absolute Gasteiger partial charge is 0.267 e. The van der Waals surface area contributed by atoms with E-state index in [0.29, 0.717) is 11.3 Å². The van der Waals surface area contributed by atoms with Crippen LogP contribution in [-0.2, 0) is 10.0 Å². The number of hydrogen-bond donors (Lipinski definition) is 1. The fraction of sp³-hybridized carbons (Fsp3) is 0.176. The van der Waals surface area contributed by atoms with Crippen LogP contribution >= 0.6 is 0 Å². The van der Waals surface area contributed by atoms with E-state index in [1.807, 2.05) is 0 Å². The van der Waals surface area contributed by atoms with Crippen molar-refractivity contribution < 1.29 is 18.1 Å². The van der Waals surface area contributed by atoms with Gasteiger partial charge in [0.05, 0.1) is 15.5 Å². The summed E-state index contributed by atoms with van der Waals surface area (Å²) < 4.78 is 25.4. The Labute approximate surface area is 156 Å². The largest absolute Gasteiger partial charge is 0.271 e. The maximum Gasteiger partial charge on any atom is 0.271 e. The van der Waals surface area contributed by atoms with Gasteiger partial charge in [0.2, 0.25) is 10.0 Å². The third-order valence-electron chi connectivity index (χ3n) is 3.70. The highest BCUT2D eigenvalue weighted by molar-refractivity contribution is 7.89. The molecule has 142 valence electrons. The molecule has 0 radical (unpaired) electrons. The number of nitrogens with one attached hydrogen (secondary N) is 1. The molecule has 0 aliphatic heterocycles. The van der Waals surface area contributed by atoms with Gasteiger partial charge in [0.15, 0.2) is 0 Å². The van der Waals surface area contributed by atoms with Crippen LogP contribution in [0.1, 0.15) is 22.8 Å². The lowest BCUT2D eigenvalue weighted by molar-refractivity contribution is -0.384. The number of nitro benzene ring substituents is 1. The van der Waals surface area contributed by atoms with Gasteiger partial charge in [-0.15, -0.1) is 0 Å². The van der Waals surface area contributed by atoms with Crippen molar-refractivity contribution in [2.24, 2.45) is 5.10 Å². The maximum absolute atomic E-state index is 12.3. The summed E-state index contributed by atoms with van der Waals surface area (Å²) in [6, 6.07) is 11.3. The Bertz CT molecular complexity index is 998. The van der Waals surface area contributed by atoms with Crippen molar-refractivity contribution in [2.75, 3.05) is 14.1 Å².